The quantitative estimate of drug-likeness (QED) is 0.659. The third kappa shape index (κ3) is 4.48. The molecule has 0 aliphatic carbocycles. The van der Waals surface area contributed by atoms with Gasteiger partial charge in [0.2, 0.25) is 0 Å². The molecule has 94 valence electrons. The molecule has 1 rings (SSSR count). The van der Waals surface area contributed by atoms with E-state index in [1.165, 1.54) is 0 Å². The van der Waals surface area contributed by atoms with E-state index >= 15 is 0 Å². The molecule has 0 aliphatic rings. The van der Waals surface area contributed by atoms with Crippen LogP contribution in [0.1, 0.15) is 10.4 Å². The van der Waals surface area contributed by atoms with E-state index in [-0.39, 0.29) is 0 Å². The largest absolute Gasteiger partial charge is 0.401 e. The van der Waals surface area contributed by atoms with E-state index in [4.69, 9.17) is 0 Å². The van der Waals surface area contributed by atoms with E-state index in [0.29, 0.717) is 6.07 Å². The summed E-state index contributed by atoms with van der Waals surface area (Å²) in [5, 5.41) is 1.81. The summed E-state index contributed by atoms with van der Waals surface area (Å²) in [6.45, 7) is -2.07. The molecule has 0 amide bonds. The Morgan fingerprint density at radius 3 is 2.47 bits per heavy atom. The van der Waals surface area contributed by atoms with E-state index in [1.54, 1.807) is 5.32 Å². The van der Waals surface area contributed by atoms with E-state index in [9.17, 15) is 26.7 Å². The van der Waals surface area contributed by atoms with Crippen molar-refractivity contribution >= 4 is 5.78 Å². The minimum atomic E-state index is -4.46. The van der Waals surface area contributed by atoms with Crippen molar-refractivity contribution in [2.75, 3.05) is 13.1 Å². The van der Waals surface area contributed by atoms with Crippen LogP contribution in [0.5, 0.6) is 0 Å². The smallest absolute Gasteiger partial charge is 0.302 e. The molecular weight excluding hydrogens is 245 g/mol. The zero-order chi connectivity index (χ0) is 13.1. The first kappa shape index (κ1) is 13.6. The minimum Gasteiger partial charge on any atom is -0.302 e. The highest BCUT2D eigenvalue weighted by Crippen LogP contribution is 2.13. The molecule has 1 N–H and O–H groups in total. The summed E-state index contributed by atoms with van der Waals surface area (Å²) < 4.78 is 61.0. The lowest BCUT2D eigenvalue weighted by molar-refractivity contribution is -0.124. The number of ketones is 1. The van der Waals surface area contributed by atoms with Gasteiger partial charge in [-0.3, -0.25) is 4.79 Å². The zero-order valence-electron chi connectivity index (χ0n) is 8.44. The Balaban J connectivity index is 2.61. The van der Waals surface area contributed by atoms with Gasteiger partial charge in [-0.15, -0.1) is 0 Å². The van der Waals surface area contributed by atoms with Crippen LogP contribution < -0.4 is 5.32 Å². The average molecular weight is 253 g/mol. The van der Waals surface area contributed by atoms with Gasteiger partial charge in [-0.2, -0.15) is 13.2 Å². The molecule has 0 spiro atoms. The number of Topliss-reactive ketones (excluding diaryl/α,β-unsaturated/α-hetero) is 1. The lowest BCUT2D eigenvalue weighted by Crippen LogP contribution is -2.33. The summed E-state index contributed by atoms with van der Waals surface area (Å²) in [6, 6.07) is 2.20. The second kappa shape index (κ2) is 5.22. The molecule has 0 radical (unpaired) electrons. The van der Waals surface area contributed by atoms with Crippen molar-refractivity contribution in [3.05, 3.63) is 35.4 Å². The number of alkyl halides is 3. The molecular formula is C10H8F5NO. The van der Waals surface area contributed by atoms with Crippen LogP contribution in [0.2, 0.25) is 0 Å². The third-order valence-corrected chi connectivity index (χ3v) is 1.84. The lowest BCUT2D eigenvalue weighted by atomic mass is 10.1. The Morgan fingerprint density at radius 1 is 1.24 bits per heavy atom. The van der Waals surface area contributed by atoms with Crippen molar-refractivity contribution in [3.63, 3.8) is 0 Å². The van der Waals surface area contributed by atoms with Crippen LogP contribution in [0, 0.1) is 11.6 Å². The van der Waals surface area contributed by atoms with Crippen LogP contribution in [0.3, 0.4) is 0 Å². The summed E-state index contributed by atoms with van der Waals surface area (Å²) >= 11 is 0. The predicted molar refractivity (Wildman–Crippen MR) is 49.6 cm³/mol. The van der Waals surface area contributed by atoms with Gasteiger partial charge in [-0.25, -0.2) is 8.78 Å². The first-order valence-corrected chi connectivity index (χ1v) is 4.55. The van der Waals surface area contributed by atoms with Gasteiger partial charge in [-0.1, -0.05) is 0 Å². The molecule has 1 aromatic carbocycles. The fraction of sp³-hybridized carbons (Fsp3) is 0.300. The Kier molecular flexibility index (Phi) is 4.17. The molecule has 0 aromatic heterocycles. The first-order chi connectivity index (χ1) is 7.79. The number of carbonyl (C=O) groups is 1. The fourth-order valence-corrected chi connectivity index (χ4v) is 1.12. The Labute approximate surface area is 93.4 Å². The SMILES string of the molecule is O=C(CNCC(F)(F)F)c1cc(F)ccc1F. The maximum absolute atomic E-state index is 13.0. The molecule has 0 fully saturated rings. The number of hydrogen-bond donors (Lipinski definition) is 1. The number of carbonyl (C=O) groups excluding carboxylic acids is 1. The summed E-state index contributed by atoms with van der Waals surface area (Å²) in [6.07, 6.45) is -4.46. The first-order valence-electron chi connectivity index (χ1n) is 4.55. The number of hydrogen-bond acceptors (Lipinski definition) is 2. The van der Waals surface area contributed by atoms with Crippen LogP contribution in [0.25, 0.3) is 0 Å². The highest BCUT2D eigenvalue weighted by atomic mass is 19.4. The molecule has 0 saturated carbocycles. The highest BCUT2D eigenvalue weighted by Gasteiger charge is 2.26. The van der Waals surface area contributed by atoms with Gasteiger partial charge in [0.15, 0.2) is 5.78 Å². The maximum atomic E-state index is 13.0. The number of rotatable bonds is 4. The van der Waals surface area contributed by atoms with E-state index < -0.39 is 42.2 Å². The van der Waals surface area contributed by atoms with Gasteiger partial charge in [0, 0.05) is 0 Å². The summed E-state index contributed by atoms with van der Waals surface area (Å²) in [5.74, 6) is -2.73. The van der Waals surface area contributed by atoms with Gasteiger partial charge in [0.25, 0.3) is 0 Å². The molecule has 7 heteroatoms. The molecule has 0 aliphatic heterocycles. The Hall–Kier alpha value is -1.50. The molecule has 0 bridgehead atoms. The summed E-state index contributed by atoms with van der Waals surface area (Å²) in [7, 11) is 0. The van der Waals surface area contributed by atoms with Gasteiger partial charge in [-0.05, 0) is 18.2 Å². The van der Waals surface area contributed by atoms with Crippen LogP contribution in [-0.2, 0) is 0 Å². The van der Waals surface area contributed by atoms with Gasteiger partial charge in [0.05, 0.1) is 18.7 Å². The van der Waals surface area contributed by atoms with Crippen molar-refractivity contribution in [3.8, 4) is 0 Å². The van der Waals surface area contributed by atoms with Crippen molar-refractivity contribution in [2.24, 2.45) is 0 Å². The van der Waals surface area contributed by atoms with Crippen LogP contribution >= 0.6 is 0 Å². The second-order valence-corrected chi connectivity index (χ2v) is 3.27. The molecule has 0 unspecified atom stereocenters. The lowest BCUT2D eigenvalue weighted by Gasteiger charge is -2.07. The fourth-order valence-electron chi connectivity index (χ4n) is 1.12. The number of halogens is 5. The van der Waals surface area contributed by atoms with Crippen molar-refractivity contribution in [1.82, 2.24) is 5.32 Å². The molecule has 17 heavy (non-hydrogen) atoms. The maximum Gasteiger partial charge on any atom is 0.401 e. The Morgan fingerprint density at radius 2 is 1.88 bits per heavy atom. The van der Waals surface area contributed by atoms with Gasteiger partial charge in [0.1, 0.15) is 11.6 Å². The molecule has 2 nitrogen and oxygen atoms in total. The zero-order valence-corrected chi connectivity index (χ0v) is 8.44. The predicted octanol–water partition coefficient (Wildman–Crippen LogP) is 2.30. The van der Waals surface area contributed by atoms with E-state index in [1.807, 2.05) is 0 Å². The number of benzene rings is 1. The standard InChI is InChI=1S/C10H8F5NO/c11-6-1-2-8(12)7(3-6)9(17)4-16-5-10(13,14)15/h1-3,16H,4-5H2. The molecule has 0 heterocycles. The van der Waals surface area contributed by atoms with Crippen LogP contribution in [0.15, 0.2) is 18.2 Å². The average Bonchev–Trinajstić information content (AvgIpc) is 2.19. The normalized spacial score (nSPS) is 11.6. The minimum absolute atomic E-state index is 0.570. The second-order valence-electron chi connectivity index (χ2n) is 3.27. The van der Waals surface area contributed by atoms with Crippen molar-refractivity contribution < 1.29 is 26.7 Å². The number of nitrogens with one attached hydrogen (secondary N) is 1. The van der Waals surface area contributed by atoms with Crippen LogP contribution in [-0.4, -0.2) is 25.0 Å². The van der Waals surface area contributed by atoms with Crippen molar-refractivity contribution in [1.29, 1.82) is 0 Å². The molecule has 0 atom stereocenters. The summed E-state index contributed by atoms with van der Waals surface area (Å²) in [5.41, 5.74) is -0.570. The van der Waals surface area contributed by atoms with Gasteiger partial charge >= 0.3 is 6.18 Å². The highest BCUT2D eigenvalue weighted by molar-refractivity contribution is 5.97. The molecule has 1 aromatic rings. The van der Waals surface area contributed by atoms with E-state index in [2.05, 4.69) is 0 Å². The van der Waals surface area contributed by atoms with Gasteiger partial charge < -0.3 is 5.32 Å². The Bertz CT molecular complexity index is 416. The monoisotopic (exact) mass is 253 g/mol. The van der Waals surface area contributed by atoms with Crippen LogP contribution in [0.4, 0.5) is 22.0 Å². The third-order valence-electron chi connectivity index (χ3n) is 1.84. The van der Waals surface area contributed by atoms with E-state index in [0.717, 1.165) is 12.1 Å². The molecule has 0 saturated heterocycles. The topological polar surface area (TPSA) is 29.1 Å². The van der Waals surface area contributed by atoms with Crippen molar-refractivity contribution in [2.45, 2.75) is 6.18 Å². The summed E-state index contributed by atoms with van der Waals surface area (Å²) in [4.78, 5) is 11.3.